The highest BCUT2D eigenvalue weighted by Gasteiger charge is 2.16. The number of ether oxygens (including phenoxy) is 1. The van der Waals surface area contributed by atoms with Gasteiger partial charge in [-0.1, -0.05) is 0 Å². The largest absolute Gasteiger partial charge is 0.383 e. The van der Waals surface area contributed by atoms with Gasteiger partial charge in [0.05, 0.1) is 12.3 Å². The van der Waals surface area contributed by atoms with E-state index in [-0.39, 0.29) is 18.9 Å². The van der Waals surface area contributed by atoms with Gasteiger partial charge in [0.1, 0.15) is 0 Å². The fraction of sp³-hybridized carbons (Fsp3) is 0.429. The summed E-state index contributed by atoms with van der Waals surface area (Å²) < 4.78 is 44.1. The lowest BCUT2D eigenvalue weighted by atomic mass is 10.2. The van der Waals surface area contributed by atoms with Gasteiger partial charge in [0, 0.05) is 33.5 Å². The first kappa shape index (κ1) is 18.0. The number of amides is 2. The Morgan fingerprint density at radius 3 is 2.45 bits per heavy atom. The second-order valence-corrected chi connectivity index (χ2v) is 4.52. The summed E-state index contributed by atoms with van der Waals surface area (Å²) in [7, 11) is 1.48. The number of carbonyl (C=O) groups excluding carboxylic acids is 2. The first-order valence-corrected chi connectivity index (χ1v) is 6.54. The van der Waals surface area contributed by atoms with E-state index in [2.05, 4.69) is 5.32 Å². The number of carbonyl (C=O) groups is 2. The molecular formula is C14H17F3N2O3. The molecule has 0 spiro atoms. The Balaban J connectivity index is 2.59. The van der Waals surface area contributed by atoms with Crippen molar-refractivity contribution in [3.8, 4) is 0 Å². The van der Waals surface area contributed by atoms with Gasteiger partial charge in [-0.2, -0.15) is 0 Å². The molecule has 1 aromatic carbocycles. The maximum atomic E-state index is 13.4. The second kappa shape index (κ2) is 8.38. The molecule has 0 heterocycles. The van der Waals surface area contributed by atoms with Crippen LogP contribution in [0.2, 0.25) is 0 Å². The van der Waals surface area contributed by atoms with E-state index in [9.17, 15) is 22.8 Å². The predicted molar refractivity (Wildman–Crippen MR) is 73.7 cm³/mol. The lowest BCUT2D eigenvalue weighted by Crippen LogP contribution is -2.34. The molecule has 0 aliphatic heterocycles. The zero-order valence-electron chi connectivity index (χ0n) is 12.3. The lowest BCUT2D eigenvalue weighted by Gasteiger charge is -2.20. The molecule has 0 radical (unpaired) electrons. The number of benzene rings is 1. The third-order valence-corrected chi connectivity index (χ3v) is 2.93. The van der Waals surface area contributed by atoms with E-state index in [1.165, 1.54) is 18.9 Å². The van der Waals surface area contributed by atoms with Gasteiger partial charge in [0.25, 0.3) is 0 Å². The van der Waals surface area contributed by atoms with Crippen molar-refractivity contribution >= 4 is 17.5 Å². The van der Waals surface area contributed by atoms with Crippen LogP contribution in [-0.4, -0.2) is 43.5 Å². The molecule has 8 heteroatoms. The van der Waals surface area contributed by atoms with Crippen LogP contribution in [0.15, 0.2) is 12.1 Å². The van der Waals surface area contributed by atoms with Crippen LogP contribution in [0.25, 0.3) is 0 Å². The van der Waals surface area contributed by atoms with Crippen LogP contribution in [0.4, 0.5) is 18.9 Å². The molecule has 0 aromatic heterocycles. The zero-order chi connectivity index (χ0) is 16.7. The van der Waals surface area contributed by atoms with Gasteiger partial charge < -0.3 is 15.0 Å². The summed E-state index contributed by atoms with van der Waals surface area (Å²) in [6.07, 6.45) is -0.109. The van der Waals surface area contributed by atoms with E-state index in [0.29, 0.717) is 19.2 Å². The van der Waals surface area contributed by atoms with Crippen LogP contribution >= 0.6 is 0 Å². The van der Waals surface area contributed by atoms with Gasteiger partial charge >= 0.3 is 0 Å². The number of halogens is 3. The highest BCUT2D eigenvalue weighted by atomic mass is 19.2. The van der Waals surface area contributed by atoms with Gasteiger partial charge in [-0.25, -0.2) is 13.2 Å². The highest BCUT2D eigenvalue weighted by Crippen LogP contribution is 2.19. The van der Waals surface area contributed by atoms with E-state index < -0.39 is 29.0 Å². The van der Waals surface area contributed by atoms with Gasteiger partial charge in [-0.05, 0) is 12.1 Å². The summed E-state index contributed by atoms with van der Waals surface area (Å²) in [5, 5.41) is 2.14. The fourth-order valence-electron chi connectivity index (χ4n) is 1.70. The van der Waals surface area contributed by atoms with Gasteiger partial charge in [-0.3, -0.25) is 9.59 Å². The van der Waals surface area contributed by atoms with E-state index in [4.69, 9.17) is 4.74 Å². The number of nitrogens with zero attached hydrogens (tertiary/aromatic N) is 1. The molecule has 0 atom stereocenters. The number of hydrogen-bond donors (Lipinski definition) is 1. The van der Waals surface area contributed by atoms with Crippen molar-refractivity contribution < 1.29 is 27.5 Å². The Morgan fingerprint density at radius 2 is 1.86 bits per heavy atom. The molecular weight excluding hydrogens is 301 g/mol. The van der Waals surface area contributed by atoms with Crippen LogP contribution in [0.5, 0.6) is 0 Å². The zero-order valence-corrected chi connectivity index (χ0v) is 12.3. The number of hydrogen-bond acceptors (Lipinski definition) is 3. The summed E-state index contributed by atoms with van der Waals surface area (Å²) in [6, 6.07) is 1.65. The minimum atomic E-state index is -1.65. The second-order valence-electron chi connectivity index (χ2n) is 4.52. The van der Waals surface area contributed by atoms with E-state index in [0.717, 1.165) is 6.07 Å². The molecule has 2 amide bonds. The minimum absolute atomic E-state index is 0.107. The molecule has 0 unspecified atom stereocenters. The Bertz CT molecular complexity index is 552. The van der Waals surface area contributed by atoms with Crippen molar-refractivity contribution in [2.45, 2.75) is 13.3 Å². The summed E-state index contributed by atoms with van der Waals surface area (Å²) in [5.41, 5.74) is -0.449. The first-order valence-electron chi connectivity index (χ1n) is 6.54. The standard InChI is InChI=1S/C14H17F3N2O3/c1-9(20)19(7-8-22-2)6-5-12(21)18-11-4-3-10(15)13(16)14(11)17/h3-4H,5-8H2,1-2H3,(H,18,21). The first-order chi connectivity index (χ1) is 10.4. The average Bonchev–Trinajstić information content (AvgIpc) is 2.47. The van der Waals surface area contributed by atoms with E-state index >= 15 is 0 Å². The molecule has 1 aromatic rings. The van der Waals surface area contributed by atoms with E-state index in [1.54, 1.807) is 0 Å². The van der Waals surface area contributed by atoms with Crippen LogP contribution in [0.3, 0.4) is 0 Å². The summed E-state index contributed by atoms with van der Waals surface area (Å²) in [5.74, 6) is -5.30. The van der Waals surface area contributed by atoms with Crippen molar-refractivity contribution in [2.24, 2.45) is 0 Å². The Morgan fingerprint density at radius 1 is 1.18 bits per heavy atom. The molecule has 5 nitrogen and oxygen atoms in total. The molecule has 122 valence electrons. The molecule has 22 heavy (non-hydrogen) atoms. The normalized spacial score (nSPS) is 10.4. The lowest BCUT2D eigenvalue weighted by molar-refractivity contribution is -0.130. The van der Waals surface area contributed by atoms with E-state index in [1.807, 2.05) is 0 Å². The Hall–Kier alpha value is -2.09. The topological polar surface area (TPSA) is 58.6 Å². The van der Waals surface area contributed by atoms with Crippen LogP contribution in [0.1, 0.15) is 13.3 Å². The third-order valence-electron chi connectivity index (χ3n) is 2.93. The molecule has 1 N–H and O–H groups in total. The van der Waals surface area contributed by atoms with Crippen LogP contribution < -0.4 is 5.32 Å². The van der Waals surface area contributed by atoms with Crippen molar-refractivity contribution in [1.29, 1.82) is 0 Å². The molecule has 0 saturated carbocycles. The quantitative estimate of drug-likeness (QED) is 0.782. The van der Waals surface area contributed by atoms with Crippen molar-refractivity contribution in [3.05, 3.63) is 29.6 Å². The highest BCUT2D eigenvalue weighted by molar-refractivity contribution is 5.91. The summed E-state index contributed by atoms with van der Waals surface area (Å²) >= 11 is 0. The van der Waals surface area contributed by atoms with Gasteiger partial charge in [0.2, 0.25) is 11.8 Å². The Kier molecular flexibility index (Phi) is 6.84. The van der Waals surface area contributed by atoms with Crippen molar-refractivity contribution in [2.75, 3.05) is 32.1 Å². The molecule has 0 bridgehead atoms. The number of anilines is 1. The van der Waals surface area contributed by atoms with Gasteiger partial charge in [0.15, 0.2) is 17.5 Å². The maximum Gasteiger partial charge on any atom is 0.226 e. The smallest absolute Gasteiger partial charge is 0.226 e. The summed E-state index contributed by atoms with van der Waals surface area (Å²) in [6.45, 7) is 2.09. The fourth-order valence-corrected chi connectivity index (χ4v) is 1.70. The number of methoxy groups -OCH3 is 1. The van der Waals surface area contributed by atoms with Crippen molar-refractivity contribution in [1.82, 2.24) is 4.90 Å². The average molecular weight is 318 g/mol. The SMILES string of the molecule is COCCN(CCC(=O)Nc1ccc(F)c(F)c1F)C(C)=O. The van der Waals surface area contributed by atoms with Crippen LogP contribution in [0, 0.1) is 17.5 Å². The van der Waals surface area contributed by atoms with Gasteiger partial charge in [-0.15, -0.1) is 0 Å². The molecule has 0 aliphatic carbocycles. The Labute approximate surface area is 126 Å². The molecule has 0 saturated heterocycles. The maximum absolute atomic E-state index is 13.4. The number of nitrogens with one attached hydrogen (secondary N) is 1. The molecule has 1 rings (SSSR count). The molecule has 0 fully saturated rings. The van der Waals surface area contributed by atoms with Crippen LogP contribution in [-0.2, 0) is 14.3 Å². The number of rotatable bonds is 7. The summed E-state index contributed by atoms with van der Waals surface area (Å²) in [4.78, 5) is 24.4. The molecule has 0 aliphatic rings. The van der Waals surface area contributed by atoms with Crippen molar-refractivity contribution in [3.63, 3.8) is 0 Å². The predicted octanol–water partition coefficient (Wildman–Crippen LogP) is 1.93. The third kappa shape index (κ3) is 5.03. The minimum Gasteiger partial charge on any atom is -0.383 e. The monoisotopic (exact) mass is 318 g/mol.